The summed E-state index contributed by atoms with van der Waals surface area (Å²) < 4.78 is 5.96. The highest BCUT2D eigenvalue weighted by atomic mass is 16.5. The fraction of sp³-hybridized carbons (Fsp3) is 0.391. The highest BCUT2D eigenvalue weighted by molar-refractivity contribution is 5.98. The molecule has 0 heterocycles. The van der Waals surface area contributed by atoms with Crippen LogP contribution in [-0.4, -0.2) is 24.4 Å². The SMILES string of the molecule is CC(=O)N(CC(=O)NC1CCCCCC1)c1ccccc1Oc1ccccc1. The summed E-state index contributed by atoms with van der Waals surface area (Å²) in [5.74, 6) is 0.907. The lowest BCUT2D eigenvalue weighted by atomic mass is 10.1. The van der Waals surface area contributed by atoms with Crippen molar-refractivity contribution in [2.75, 3.05) is 11.4 Å². The summed E-state index contributed by atoms with van der Waals surface area (Å²) in [7, 11) is 0. The van der Waals surface area contributed by atoms with E-state index in [-0.39, 0.29) is 24.4 Å². The molecule has 1 aliphatic carbocycles. The second-order valence-corrected chi connectivity index (χ2v) is 7.24. The van der Waals surface area contributed by atoms with Crippen LogP contribution in [0.5, 0.6) is 11.5 Å². The van der Waals surface area contributed by atoms with Gasteiger partial charge in [0, 0.05) is 13.0 Å². The molecule has 0 unspecified atom stereocenters. The molecule has 2 aromatic carbocycles. The number of para-hydroxylation sites is 3. The Hall–Kier alpha value is -2.82. The van der Waals surface area contributed by atoms with Gasteiger partial charge in [0.05, 0.1) is 5.69 Å². The minimum Gasteiger partial charge on any atom is -0.455 e. The van der Waals surface area contributed by atoms with Crippen LogP contribution in [0, 0.1) is 0 Å². The van der Waals surface area contributed by atoms with Gasteiger partial charge in [-0.25, -0.2) is 0 Å². The molecule has 1 aliphatic rings. The molecular weight excluding hydrogens is 352 g/mol. The average Bonchev–Trinajstić information content (AvgIpc) is 2.96. The van der Waals surface area contributed by atoms with Crippen molar-refractivity contribution in [2.24, 2.45) is 0 Å². The van der Waals surface area contributed by atoms with Gasteiger partial charge in [0.15, 0.2) is 5.75 Å². The first-order valence-electron chi connectivity index (χ1n) is 10.0. The van der Waals surface area contributed by atoms with Crippen molar-refractivity contribution in [3.63, 3.8) is 0 Å². The van der Waals surface area contributed by atoms with E-state index < -0.39 is 0 Å². The molecule has 5 nitrogen and oxygen atoms in total. The number of hydrogen-bond acceptors (Lipinski definition) is 3. The van der Waals surface area contributed by atoms with Crippen LogP contribution < -0.4 is 15.0 Å². The first-order chi connectivity index (χ1) is 13.6. The van der Waals surface area contributed by atoms with E-state index in [0.29, 0.717) is 17.2 Å². The Balaban J connectivity index is 1.73. The number of carbonyl (C=O) groups is 2. The van der Waals surface area contributed by atoms with Crippen molar-refractivity contribution in [2.45, 2.75) is 51.5 Å². The van der Waals surface area contributed by atoms with E-state index in [2.05, 4.69) is 5.32 Å². The maximum atomic E-state index is 12.6. The number of ether oxygens (including phenoxy) is 1. The van der Waals surface area contributed by atoms with Crippen molar-refractivity contribution >= 4 is 17.5 Å². The fourth-order valence-electron chi connectivity index (χ4n) is 3.59. The van der Waals surface area contributed by atoms with Crippen LogP contribution in [0.2, 0.25) is 0 Å². The number of anilines is 1. The smallest absolute Gasteiger partial charge is 0.240 e. The summed E-state index contributed by atoms with van der Waals surface area (Å²) in [6, 6.07) is 16.9. The van der Waals surface area contributed by atoms with Gasteiger partial charge in [-0.1, -0.05) is 56.0 Å². The van der Waals surface area contributed by atoms with Gasteiger partial charge >= 0.3 is 0 Å². The molecule has 0 bridgehead atoms. The maximum Gasteiger partial charge on any atom is 0.240 e. The van der Waals surface area contributed by atoms with Crippen molar-refractivity contribution in [3.05, 3.63) is 54.6 Å². The van der Waals surface area contributed by atoms with E-state index in [1.807, 2.05) is 48.5 Å². The van der Waals surface area contributed by atoms with Gasteiger partial charge in [-0.3, -0.25) is 14.5 Å². The zero-order valence-corrected chi connectivity index (χ0v) is 16.4. The molecule has 0 aromatic heterocycles. The Morgan fingerprint density at radius 2 is 1.61 bits per heavy atom. The predicted molar refractivity (Wildman–Crippen MR) is 111 cm³/mol. The van der Waals surface area contributed by atoms with Gasteiger partial charge in [-0.05, 0) is 37.1 Å². The molecule has 0 atom stereocenters. The summed E-state index contributed by atoms with van der Waals surface area (Å²) in [5.41, 5.74) is 0.592. The normalized spacial score (nSPS) is 14.8. The Labute approximate surface area is 166 Å². The van der Waals surface area contributed by atoms with Crippen LogP contribution in [0.25, 0.3) is 0 Å². The summed E-state index contributed by atoms with van der Waals surface area (Å²) in [5, 5.41) is 3.11. The fourth-order valence-corrected chi connectivity index (χ4v) is 3.59. The summed E-state index contributed by atoms with van der Waals surface area (Å²) in [4.78, 5) is 26.4. The molecule has 1 N–H and O–H groups in total. The van der Waals surface area contributed by atoms with E-state index in [4.69, 9.17) is 4.74 Å². The lowest BCUT2D eigenvalue weighted by molar-refractivity contribution is -0.123. The quantitative estimate of drug-likeness (QED) is 0.741. The molecule has 2 amide bonds. The molecule has 28 heavy (non-hydrogen) atoms. The van der Waals surface area contributed by atoms with Crippen LogP contribution in [-0.2, 0) is 9.59 Å². The van der Waals surface area contributed by atoms with Gasteiger partial charge in [-0.2, -0.15) is 0 Å². The number of amides is 2. The Bertz CT molecular complexity index is 783. The van der Waals surface area contributed by atoms with E-state index in [0.717, 1.165) is 25.7 Å². The van der Waals surface area contributed by atoms with Crippen LogP contribution in [0.1, 0.15) is 45.4 Å². The van der Waals surface area contributed by atoms with Gasteiger partial charge < -0.3 is 10.1 Å². The second-order valence-electron chi connectivity index (χ2n) is 7.24. The number of carbonyl (C=O) groups excluding carboxylic acids is 2. The first kappa shape index (κ1) is 19.9. The predicted octanol–water partition coefficient (Wildman–Crippen LogP) is 4.67. The summed E-state index contributed by atoms with van der Waals surface area (Å²) in [6.07, 6.45) is 6.79. The average molecular weight is 380 g/mol. The lowest BCUT2D eigenvalue weighted by Gasteiger charge is -2.24. The monoisotopic (exact) mass is 380 g/mol. The minimum absolute atomic E-state index is 0.0129. The highest BCUT2D eigenvalue weighted by Crippen LogP contribution is 2.32. The molecule has 3 rings (SSSR count). The first-order valence-corrected chi connectivity index (χ1v) is 10.0. The highest BCUT2D eigenvalue weighted by Gasteiger charge is 2.22. The Morgan fingerprint density at radius 3 is 2.29 bits per heavy atom. The van der Waals surface area contributed by atoms with Crippen molar-refractivity contribution in [1.29, 1.82) is 0 Å². The molecule has 1 fully saturated rings. The molecule has 1 saturated carbocycles. The second kappa shape index (κ2) is 9.93. The zero-order chi connectivity index (χ0) is 19.8. The molecule has 0 saturated heterocycles. The zero-order valence-electron chi connectivity index (χ0n) is 16.4. The number of hydrogen-bond donors (Lipinski definition) is 1. The third-order valence-corrected chi connectivity index (χ3v) is 5.03. The standard InChI is InChI=1S/C23H28N2O3/c1-18(26)25(17-23(27)24-19-11-5-2-3-6-12-19)21-15-9-10-16-22(21)28-20-13-7-4-8-14-20/h4,7-10,13-16,19H,2-3,5-6,11-12,17H2,1H3,(H,24,27). The van der Waals surface area contributed by atoms with Crippen LogP contribution in [0.15, 0.2) is 54.6 Å². The van der Waals surface area contributed by atoms with E-state index in [1.165, 1.54) is 24.7 Å². The molecule has 0 spiro atoms. The van der Waals surface area contributed by atoms with Crippen LogP contribution in [0.3, 0.4) is 0 Å². The largest absolute Gasteiger partial charge is 0.455 e. The van der Waals surface area contributed by atoms with Gasteiger partial charge in [0.25, 0.3) is 0 Å². The van der Waals surface area contributed by atoms with Crippen molar-refractivity contribution < 1.29 is 14.3 Å². The van der Waals surface area contributed by atoms with E-state index in [9.17, 15) is 9.59 Å². The molecular formula is C23H28N2O3. The van der Waals surface area contributed by atoms with Crippen LogP contribution >= 0.6 is 0 Å². The maximum absolute atomic E-state index is 12.6. The van der Waals surface area contributed by atoms with Gasteiger partial charge in [0.1, 0.15) is 12.3 Å². The Morgan fingerprint density at radius 1 is 0.964 bits per heavy atom. The van der Waals surface area contributed by atoms with Gasteiger partial charge in [-0.15, -0.1) is 0 Å². The van der Waals surface area contributed by atoms with Gasteiger partial charge in [0.2, 0.25) is 11.8 Å². The minimum atomic E-state index is -0.194. The van der Waals surface area contributed by atoms with E-state index in [1.54, 1.807) is 6.07 Å². The van der Waals surface area contributed by atoms with Crippen molar-refractivity contribution in [3.8, 4) is 11.5 Å². The van der Waals surface area contributed by atoms with Crippen LogP contribution in [0.4, 0.5) is 5.69 Å². The number of nitrogens with one attached hydrogen (secondary N) is 1. The molecule has 5 heteroatoms. The molecule has 148 valence electrons. The summed E-state index contributed by atoms with van der Waals surface area (Å²) in [6.45, 7) is 1.46. The third kappa shape index (κ3) is 5.59. The Kier molecular flexibility index (Phi) is 7.06. The number of nitrogens with zero attached hydrogens (tertiary/aromatic N) is 1. The summed E-state index contributed by atoms with van der Waals surface area (Å²) >= 11 is 0. The number of benzene rings is 2. The molecule has 0 radical (unpaired) electrons. The third-order valence-electron chi connectivity index (χ3n) is 5.03. The lowest BCUT2D eigenvalue weighted by Crippen LogP contribution is -2.43. The molecule has 0 aliphatic heterocycles. The van der Waals surface area contributed by atoms with Crippen molar-refractivity contribution in [1.82, 2.24) is 5.32 Å². The van der Waals surface area contributed by atoms with E-state index >= 15 is 0 Å². The topological polar surface area (TPSA) is 58.6 Å². The molecule has 2 aromatic rings. The number of rotatable bonds is 6.